The molecule has 1 aliphatic rings. The SMILES string of the molecule is COC1CN(c2ccc3cc(CO)ccc3n2)C1. The van der Waals surface area contributed by atoms with Crippen LogP contribution in [0.4, 0.5) is 5.82 Å². The molecule has 1 saturated heterocycles. The molecule has 0 atom stereocenters. The standard InChI is InChI=1S/C14H16N2O2/c1-18-12-7-16(8-12)14-5-3-11-6-10(9-17)2-4-13(11)15-14/h2-6,12,17H,7-9H2,1H3. The van der Waals surface area contributed by atoms with Gasteiger partial charge in [0.1, 0.15) is 5.82 Å². The molecule has 3 rings (SSSR count). The number of methoxy groups -OCH3 is 1. The van der Waals surface area contributed by atoms with E-state index in [4.69, 9.17) is 9.84 Å². The molecular formula is C14H16N2O2. The molecule has 2 heterocycles. The summed E-state index contributed by atoms with van der Waals surface area (Å²) in [6, 6.07) is 9.91. The van der Waals surface area contributed by atoms with Crippen LogP contribution in [0.5, 0.6) is 0 Å². The molecule has 1 aliphatic heterocycles. The number of hydrogen-bond acceptors (Lipinski definition) is 4. The van der Waals surface area contributed by atoms with Crippen molar-refractivity contribution in [3.8, 4) is 0 Å². The van der Waals surface area contributed by atoms with Crippen molar-refractivity contribution >= 4 is 16.7 Å². The number of hydrogen-bond donors (Lipinski definition) is 1. The van der Waals surface area contributed by atoms with E-state index < -0.39 is 0 Å². The molecule has 0 amide bonds. The molecule has 1 N–H and O–H groups in total. The maximum Gasteiger partial charge on any atom is 0.129 e. The van der Waals surface area contributed by atoms with Crippen molar-refractivity contribution in [2.45, 2.75) is 12.7 Å². The highest BCUT2D eigenvalue weighted by Crippen LogP contribution is 2.23. The Labute approximate surface area is 106 Å². The summed E-state index contributed by atoms with van der Waals surface area (Å²) in [6.07, 6.45) is 0.333. The Morgan fingerprint density at radius 3 is 2.89 bits per heavy atom. The Bertz CT molecular complexity index is 565. The molecular weight excluding hydrogens is 228 g/mol. The molecule has 1 aromatic carbocycles. The second-order valence-electron chi connectivity index (χ2n) is 4.62. The van der Waals surface area contributed by atoms with Gasteiger partial charge in [0, 0.05) is 25.6 Å². The Morgan fingerprint density at radius 1 is 1.33 bits per heavy atom. The summed E-state index contributed by atoms with van der Waals surface area (Å²) >= 11 is 0. The first kappa shape index (κ1) is 11.4. The largest absolute Gasteiger partial charge is 0.392 e. The average Bonchev–Trinajstić information content (AvgIpc) is 2.37. The summed E-state index contributed by atoms with van der Waals surface area (Å²) in [6.45, 7) is 1.88. The first-order chi connectivity index (χ1) is 8.80. The summed E-state index contributed by atoms with van der Waals surface area (Å²) in [5.74, 6) is 0.993. The second-order valence-corrected chi connectivity index (χ2v) is 4.62. The van der Waals surface area contributed by atoms with E-state index in [9.17, 15) is 0 Å². The van der Waals surface area contributed by atoms with Crippen LogP contribution >= 0.6 is 0 Å². The normalized spacial score (nSPS) is 16.0. The molecule has 18 heavy (non-hydrogen) atoms. The van der Waals surface area contributed by atoms with E-state index in [1.807, 2.05) is 24.3 Å². The summed E-state index contributed by atoms with van der Waals surface area (Å²) in [7, 11) is 1.74. The van der Waals surface area contributed by atoms with Crippen molar-refractivity contribution in [3.63, 3.8) is 0 Å². The summed E-state index contributed by atoms with van der Waals surface area (Å²) in [5.41, 5.74) is 1.88. The zero-order valence-corrected chi connectivity index (χ0v) is 10.3. The monoisotopic (exact) mass is 244 g/mol. The van der Waals surface area contributed by atoms with Crippen molar-refractivity contribution in [3.05, 3.63) is 35.9 Å². The van der Waals surface area contributed by atoms with E-state index in [1.165, 1.54) is 0 Å². The fourth-order valence-electron chi connectivity index (χ4n) is 2.21. The van der Waals surface area contributed by atoms with Crippen molar-refractivity contribution in [1.29, 1.82) is 0 Å². The minimum Gasteiger partial charge on any atom is -0.392 e. The predicted octanol–water partition coefficient (Wildman–Crippen LogP) is 1.56. The van der Waals surface area contributed by atoms with Gasteiger partial charge < -0.3 is 14.7 Å². The zero-order valence-electron chi connectivity index (χ0n) is 10.3. The zero-order chi connectivity index (χ0) is 12.5. The third kappa shape index (κ3) is 1.94. The van der Waals surface area contributed by atoms with Crippen molar-refractivity contribution in [2.24, 2.45) is 0 Å². The van der Waals surface area contributed by atoms with Gasteiger partial charge in [0.25, 0.3) is 0 Å². The first-order valence-electron chi connectivity index (χ1n) is 6.08. The molecule has 0 unspecified atom stereocenters. The van der Waals surface area contributed by atoms with Crippen LogP contribution < -0.4 is 4.90 Å². The van der Waals surface area contributed by atoms with Crippen molar-refractivity contribution in [2.75, 3.05) is 25.1 Å². The molecule has 0 spiro atoms. The lowest BCUT2D eigenvalue weighted by Gasteiger charge is -2.39. The number of anilines is 1. The van der Waals surface area contributed by atoms with Gasteiger partial charge in [-0.25, -0.2) is 4.98 Å². The van der Waals surface area contributed by atoms with Crippen LogP contribution in [-0.2, 0) is 11.3 Å². The van der Waals surface area contributed by atoms with Gasteiger partial charge in [-0.05, 0) is 29.8 Å². The van der Waals surface area contributed by atoms with Gasteiger partial charge in [-0.2, -0.15) is 0 Å². The molecule has 0 radical (unpaired) electrons. The van der Waals surface area contributed by atoms with Gasteiger partial charge in [0.15, 0.2) is 0 Å². The average molecular weight is 244 g/mol. The molecule has 2 aromatic rings. The van der Waals surface area contributed by atoms with Crippen LogP contribution in [-0.4, -0.2) is 36.4 Å². The minimum absolute atomic E-state index is 0.0688. The van der Waals surface area contributed by atoms with Crippen LogP contribution in [0.2, 0.25) is 0 Å². The van der Waals surface area contributed by atoms with E-state index in [0.29, 0.717) is 6.10 Å². The number of aromatic nitrogens is 1. The summed E-state index contributed by atoms with van der Waals surface area (Å²) < 4.78 is 5.26. The maximum atomic E-state index is 9.10. The van der Waals surface area contributed by atoms with E-state index in [-0.39, 0.29) is 6.61 Å². The van der Waals surface area contributed by atoms with Gasteiger partial charge in [-0.3, -0.25) is 0 Å². The van der Waals surface area contributed by atoms with Gasteiger partial charge >= 0.3 is 0 Å². The Hall–Kier alpha value is -1.65. The number of aliphatic hydroxyl groups is 1. The molecule has 94 valence electrons. The number of nitrogens with zero attached hydrogens (tertiary/aromatic N) is 2. The Kier molecular flexibility index (Phi) is 2.89. The first-order valence-corrected chi connectivity index (χ1v) is 6.08. The molecule has 0 saturated carbocycles. The van der Waals surface area contributed by atoms with Crippen LogP contribution in [0, 0.1) is 0 Å². The van der Waals surface area contributed by atoms with Crippen LogP contribution in [0.3, 0.4) is 0 Å². The molecule has 4 heteroatoms. The maximum absolute atomic E-state index is 9.10. The third-order valence-corrected chi connectivity index (χ3v) is 3.43. The third-order valence-electron chi connectivity index (χ3n) is 3.43. The number of pyridine rings is 1. The second kappa shape index (κ2) is 4.55. The predicted molar refractivity (Wildman–Crippen MR) is 70.7 cm³/mol. The van der Waals surface area contributed by atoms with Crippen molar-refractivity contribution < 1.29 is 9.84 Å². The van der Waals surface area contributed by atoms with E-state index in [1.54, 1.807) is 7.11 Å². The van der Waals surface area contributed by atoms with E-state index in [0.717, 1.165) is 35.4 Å². The molecule has 0 aliphatic carbocycles. The summed E-state index contributed by atoms with van der Waals surface area (Å²) in [5, 5.41) is 10.2. The van der Waals surface area contributed by atoms with Gasteiger partial charge in [-0.15, -0.1) is 0 Å². The fraction of sp³-hybridized carbons (Fsp3) is 0.357. The number of ether oxygens (including phenoxy) is 1. The van der Waals surface area contributed by atoms with Crippen LogP contribution in [0.15, 0.2) is 30.3 Å². The minimum atomic E-state index is 0.0688. The number of benzene rings is 1. The summed E-state index contributed by atoms with van der Waals surface area (Å²) in [4.78, 5) is 6.83. The Balaban J connectivity index is 1.88. The van der Waals surface area contributed by atoms with Gasteiger partial charge in [0.2, 0.25) is 0 Å². The number of aliphatic hydroxyl groups excluding tert-OH is 1. The highest BCUT2D eigenvalue weighted by molar-refractivity contribution is 5.81. The lowest BCUT2D eigenvalue weighted by molar-refractivity contribution is 0.0783. The van der Waals surface area contributed by atoms with Gasteiger partial charge in [-0.1, -0.05) is 6.07 Å². The Morgan fingerprint density at radius 2 is 2.17 bits per heavy atom. The van der Waals surface area contributed by atoms with Crippen molar-refractivity contribution in [1.82, 2.24) is 4.98 Å². The molecule has 0 bridgehead atoms. The van der Waals surface area contributed by atoms with E-state index >= 15 is 0 Å². The molecule has 4 nitrogen and oxygen atoms in total. The topological polar surface area (TPSA) is 45.6 Å². The van der Waals surface area contributed by atoms with E-state index in [2.05, 4.69) is 16.0 Å². The lowest BCUT2D eigenvalue weighted by atomic mass is 10.1. The smallest absolute Gasteiger partial charge is 0.129 e. The lowest BCUT2D eigenvalue weighted by Crippen LogP contribution is -2.52. The van der Waals surface area contributed by atoms with Crippen LogP contribution in [0.1, 0.15) is 5.56 Å². The van der Waals surface area contributed by atoms with Gasteiger partial charge in [0.05, 0.1) is 18.2 Å². The number of rotatable bonds is 3. The van der Waals surface area contributed by atoms with Crippen LogP contribution in [0.25, 0.3) is 10.9 Å². The highest BCUT2D eigenvalue weighted by Gasteiger charge is 2.27. The fourth-order valence-corrected chi connectivity index (χ4v) is 2.21. The highest BCUT2D eigenvalue weighted by atomic mass is 16.5. The molecule has 1 aromatic heterocycles. The quantitative estimate of drug-likeness (QED) is 0.890. The molecule has 1 fully saturated rings. The number of fused-ring (bicyclic) bond motifs is 1.